The van der Waals surface area contributed by atoms with Crippen molar-refractivity contribution in [2.75, 3.05) is 0 Å². The molecule has 0 spiro atoms. The Bertz CT molecular complexity index is 255. The van der Waals surface area contributed by atoms with Gasteiger partial charge in [-0.2, -0.15) is 13.2 Å². The maximum Gasteiger partial charge on any atom is 0.433 e. The zero-order valence-corrected chi connectivity index (χ0v) is 8.52. The molecule has 80 valence electrons. The highest BCUT2D eigenvalue weighted by Crippen LogP contribution is 2.28. The van der Waals surface area contributed by atoms with Crippen LogP contribution < -0.4 is 0 Å². The van der Waals surface area contributed by atoms with Gasteiger partial charge >= 0.3 is 6.18 Å². The highest BCUT2D eigenvalue weighted by atomic mass is 19.4. The van der Waals surface area contributed by atoms with Crippen molar-refractivity contribution >= 4 is 6.21 Å². The lowest BCUT2D eigenvalue weighted by Gasteiger charge is -2.07. The van der Waals surface area contributed by atoms with E-state index in [0.717, 1.165) is 6.42 Å². The predicted octanol–water partition coefficient (Wildman–Crippen LogP) is 3.88. The Hall–Kier alpha value is -1.06. The second-order valence-corrected chi connectivity index (χ2v) is 2.96. The molecule has 0 amide bonds. The van der Waals surface area contributed by atoms with Crippen molar-refractivity contribution in [2.24, 2.45) is 4.99 Å². The average molecular weight is 205 g/mol. The minimum absolute atomic E-state index is 0.165. The van der Waals surface area contributed by atoms with Gasteiger partial charge < -0.3 is 0 Å². The summed E-state index contributed by atoms with van der Waals surface area (Å²) in [7, 11) is 0. The van der Waals surface area contributed by atoms with Crippen LogP contribution in [0.1, 0.15) is 27.2 Å². The van der Waals surface area contributed by atoms with E-state index in [0.29, 0.717) is 0 Å². The zero-order valence-electron chi connectivity index (χ0n) is 8.52. The molecule has 0 radical (unpaired) electrons. The number of halogens is 3. The van der Waals surface area contributed by atoms with E-state index >= 15 is 0 Å². The SMILES string of the molecule is CC/C=C/C=NC(=C(C)C)C(F)(F)F. The summed E-state index contributed by atoms with van der Waals surface area (Å²) < 4.78 is 36.9. The smallest absolute Gasteiger partial charge is 0.252 e. The molecule has 0 aromatic heterocycles. The van der Waals surface area contributed by atoms with Gasteiger partial charge in [-0.1, -0.05) is 13.0 Å². The van der Waals surface area contributed by atoms with Gasteiger partial charge in [-0.3, -0.25) is 4.99 Å². The normalized spacial score (nSPS) is 12.7. The summed E-state index contributed by atoms with van der Waals surface area (Å²) in [5.74, 6) is 0. The molecule has 0 aromatic carbocycles. The summed E-state index contributed by atoms with van der Waals surface area (Å²) in [6, 6.07) is 0. The van der Waals surface area contributed by atoms with Gasteiger partial charge in [0.15, 0.2) is 0 Å². The largest absolute Gasteiger partial charge is 0.433 e. The molecule has 0 aliphatic carbocycles. The average Bonchev–Trinajstić information content (AvgIpc) is 2.01. The van der Waals surface area contributed by atoms with Crippen molar-refractivity contribution in [2.45, 2.75) is 33.4 Å². The standard InChI is InChI=1S/C10H14F3N/c1-4-5-6-7-14-9(8(2)3)10(11,12)13/h5-7H,4H2,1-3H3/b6-5+,14-7?. The summed E-state index contributed by atoms with van der Waals surface area (Å²) in [6.07, 6.45) is 0.827. The van der Waals surface area contributed by atoms with E-state index in [9.17, 15) is 13.2 Å². The van der Waals surface area contributed by atoms with E-state index in [4.69, 9.17) is 0 Å². The maximum absolute atomic E-state index is 12.3. The van der Waals surface area contributed by atoms with E-state index in [1.54, 1.807) is 6.08 Å². The van der Waals surface area contributed by atoms with Crippen molar-refractivity contribution in [1.29, 1.82) is 0 Å². The van der Waals surface area contributed by atoms with Crippen LogP contribution in [-0.4, -0.2) is 12.4 Å². The third-order valence-corrected chi connectivity index (χ3v) is 1.40. The van der Waals surface area contributed by atoms with Crippen LogP contribution in [-0.2, 0) is 0 Å². The van der Waals surface area contributed by atoms with Gasteiger partial charge in [0, 0.05) is 6.21 Å². The Kier molecular flexibility index (Phi) is 5.20. The molecular weight excluding hydrogens is 191 g/mol. The van der Waals surface area contributed by atoms with Crippen LogP contribution in [0, 0.1) is 0 Å². The van der Waals surface area contributed by atoms with E-state index in [-0.39, 0.29) is 5.57 Å². The van der Waals surface area contributed by atoms with Crippen LogP contribution in [0.15, 0.2) is 28.4 Å². The van der Waals surface area contributed by atoms with Crippen LogP contribution in [0.3, 0.4) is 0 Å². The molecule has 0 saturated heterocycles. The van der Waals surface area contributed by atoms with E-state index in [1.807, 2.05) is 6.92 Å². The summed E-state index contributed by atoms with van der Waals surface area (Å²) in [4.78, 5) is 3.37. The number of aliphatic imine (C=N–C) groups is 1. The number of hydrogen-bond donors (Lipinski definition) is 0. The molecule has 0 N–H and O–H groups in total. The number of rotatable bonds is 3. The van der Waals surface area contributed by atoms with Crippen molar-refractivity contribution in [3.63, 3.8) is 0 Å². The lowest BCUT2D eigenvalue weighted by atomic mass is 10.2. The Morgan fingerprint density at radius 2 is 1.86 bits per heavy atom. The van der Waals surface area contributed by atoms with Gasteiger partial charge in [-0.15, -0.1) is 0 Å². The quantitative estimate of drug-likeness (QED) is 0.620. The zero-order chi connectivity index (χ0) is 11.2. The van der Waals surface area contributed by atoms with Crippen LogP contribution in [0.25, 0.3) is 0 Å². The van der Waals surface area contributed by atoms with E-state index in [2.05, 4.69) is 4.99 Å². The fraction of sp³-hybridized carbons (Fsp3) is 0.500. The van der Waals surface area contributed by atoms with Crippen molar-refractivity contribution in [1.82, 2.24) is 0 Å². The molecule has 0 unspecified atom stereocenters. The van der Waals surface area contributed by atoms with E-state index in [1.165, 1.54) is 26.1 Å². The highest BCUT2D eigenvalue weighted by molar-refractivity contribution is 5.72. The van der Waals surface area contributed by atoms with Gasteiger partial charge in [0.1, 0.15) is 5.70 Å². The maximum atomic E-state index is 12.3. The van der Waals surface area contributed by atoms with Crippen molar-refractivity contribution in [3.8, 4) is 0 Å². The molecule has 0 saturated carbocycles. The number of hydrogen-bond acceptors (Lipinski definition) is 1. The van der Waals surface area contributed by atoms with Gasteiger partial charge in [0.25, 0.3) is 0 Å². The summed E-state index contributed by atoms with van der Waals surface area (Å²) >= 11 is 0. The Morgan fingerprint density at radius 3 is 2.21 bits per heavy atom. The molecule has 4 heteroatoms. The number of allylic oxidation sites excluding steroid dienone is 4. The first kappa shape index (κ1) is 12.9. The Balaban J connectivity index is 4.67. The van der Waals surface area contributed by atoms with Gasteiger partial charge in [0.2, 0.25) is 0 Å². The van der Waals surface area contributed by atoms with Crippen LogP contribution >= 0.6 is 0 Å². The topological polar surface area (TPSA) is 12.4 Å². The minimum Gasteiger partial charge on any atom is -0.252 e. The first-order valence-electron chi connectivity index (χ1n) is 4.33. The van der Waals surface area contributed by atoms with E-state index < -0.39 is 11.9 Å². The van der Waals surface area contributed by atoms with Crippen LogP contribution in [0.2, 0.25) is 0 Å². The number of nitrogens with zero attached hydrogens (tertiary/aromatic N) is 1. The predicted molar refractivity (Wildman–Crippen MR) is 52.4 cm³/mol. The summed E-state index contributed by atoms with van der Waals surface area (Å²) in [5.41, 5.74) is -0.656. The minimum atomic E-state index is -4.37. The lowest BCUT2D eigenvalue weighted by molar-refractivity contribution is -0.0930. The molecule has 0 aromatic rings. The molecule has 14 heavy (non-hydrogen) atoms. The molecule has 0 heterocycles. The second kappa shape index (κ2) is 5.62. The summed E-state index contributed by atoms with van der Waals surface area (Å²) in [5, 5.41) is 0. The van der Waals surface area contributed by atoms with Crippen molar-refractivity contribution < 1.29 is 13.2 Å². The van der Waals surface area contributed by atoms with Gasteiger partial charge in [-0.05, 0) is 31.9 Å². The molecule has 0 rings (SSSR count). The molecule has 0 aliphatic rings. The van der Waals surface area contributed by atoms with Crippen molar-refractivity contribution in [3.05, 3.63) is 23.4 Å². The monoisotopic (exact) mass is 205 g/mol. The van der Waals surface area contributed by atoms with Gasteiger partial charge in [0.05, 0.1) is 0 Å². The molecule has 1 nitrogen and oxygen atoms in total. The van der Waals surface area contributed by atoms with Crippen LogP contribution in [0.4, 0.5) is 13.2 Å². The molecule has 0 bridgehead atoms. The third kappa shape index (κ3) is 4.84. The molecule has 0 atom stereocenters. The fourth-order valence-corrected chi connectivity index (χ4v) is 0.800. The molecule has 0 aliphatic heterocycles. The lowest BCUT2D eigenvalue weighted by Crippen LogP contribution is -2.11. The highest BCUT2D eigenvalue weighted by Gasteiger charge is 2.34. The first-order valence-corrected chi connectivity index (χ1v) is 4.33. The summed E-state index contributed by atoms with van der Waals surface area (Å²) in [6.45, 7) is 4.68. The molecule has 0 fully saturated rings. The fourth-order valence-electron chi connectivity index (χ4n) is 0.800. The Labute approximate surface area is 82.0 Å². The Morgan fingerprint density at radius 1 is 1.29 bits per heavy atom. The second-order valence-electron chi connectivity index (χ2n) is 2.96. The molecular formula is C10H14F3N. The third-order valence-electron chi connectivity index (χ3n) is 1.40. The van der Waals surface area contributed by atoms with Gasteiger partial charge in [-0.25, -0.2) is 0 Å². The van der Waals surface area contributed by atoms with Crippen LogP contribution in [0.5, 0.6) is 0 Å². The first-order chi connectivity index (χ1) is 6.39. The number of alkyl halides is 3.